The summed E-state index contributed by atoms with van der Waals surface area (Å²) in [6.07, 6.45) is -2.93. The zero-order chi connectivity index (χ0) is 21.4. The Morgan fingerprint density at radius 1 is 0.833 bits per heavy atom. The molecule has 0 N–H and O–H groups in total. The average molecular weight is 415 g/mol. The van der Waals surface area contributed by atoms with Crippen LogP contribution in [0.1, 0.15) is 22.3 Å². The first-order chi connectivity index (χ1) is 14.5. The smallest absolute Gasteiger partial charge is 0.416 e. The number of halogens is 3. The second kappa shape index (κ2) is 9.82. The molecule has 0 unspecified atom stereocenters. The molecule has 0 bridgehead atoms. The van der Waals surface area contributed by atoms with E-state index in [4.69, 9.17) is 14.3 Å². The first kappa shape index (κ1) is 21.2. The molecule has 3 aromatic carbocycles. The Morgan fingerprint density at radius 2 is 1.60 bits per heavy atom. The van der Waals surface area contributed by atoms with Crippen LogP contribution in [-0.2, 0) is 24.2 Å². The maximum Gasteiger partial charge on any atom is 0.416 e. The second-order valence-corrected chi connectivity index (χ2v) is 6.39. The number of benzene rings is 3. The minimum absolute atomic E-state index is 0.0755. The van der Waals surface area contributed by atoms with Crippen LogP contribution in [0.4, 0.5) is 13.2 Å². The fourth-order valence-corrected chi connectivity index (χ4v) is 2.67. The molecule has 4 nitrogen and oxygen atoms in total. The van der Waals surface area contributed by atoms with E-state index in [1.54, 1.807) is 31.4 Å². The van der Waals surface area contributed by atoms with E-state index in [2.05, 4.69) is 5.16 Å². The summed E-state index contributed by atoms with van der Waals surface area (Å²) >= 11 is 0. The van der Waals surface area contributed by atoms with E-state index in [1.807, 2.05) is 30.3 Å². The molecule has 0 fully saturated rings. The van der Waals surface area contributed by atoms with Crippen LogP contribution in [0, 0.1) is 0 Å². The van der Waals surface area contributed by atoms with E-state index in [0.29, 0.717) is 29.2 Å². The predicted octanol–water partition coefficient (Wildman–Crippen LogP) is 5.84. The molecule has 156 valence electrons. The molecule has 0 radical (unpaired) electrons. The lowest BCUT2D eigenvalue weighted by atomic mass is 10.1. The lowest BCUT2D eigenvalue weighted by Crippen LogP contribution is -2.05. The molecule has 3 aromatic rings. The zero-order valence-corrected chi connectivity index (χ0v) is 16.2. The van der Waals surface area contributed by atoms with Crippen molar-refractivity contribution in [2.24, 2.45) is 5.16 Å². The van der Waals surface area contributed by atoms with Crippen molar-refractivity contribution in [2.45, 2.75) is 19.4 Å². The molecular weight excluding hydrogens is 395 g/mol. The molecule has 0 atom stereocenters. The number of rotatable bonds is 8. The predicted molar refractivity (Wildman–Crippen MR) is 108 cm³/mol. The molecule has 0 aliphatic carbocycles. The van der Waals surface area contributed by atoms with Gasteiger partial charge in [0.15, 0.2) is 11.5 Å². The Bertz CT molecular complexity index is 988. The first-order valence-electron chi connectivity index (χ1n) is 9.12. The molecule has 0 aromatic heterocycles. The number of hydrogen-bond acceptors (Lipinski definition) is 4. The van der Waals surface area contributed by atoms with Crippen LogP contribution in [-0.4, -0.2) is 13.3 Å². The summed E-state index contributed by atoms with van der Waals surface area (Å²) < 4.78 is 49.4. The standard InChI is InChI=1S/C23H20F3NO3/c1-28-21-11-10-18(13-22(21)29-15-17-6-3-2-4-7-17)14-27-30-16-19-8-5-9-20(12-19)23(24,25)26/h2-14H,15-16H2,1H3. The summed E-state index contributed by atoms with van der Waals surface area (Å²) in [5.41, 5.74) is 1.37. The normalized spacial score (nSPS) is 11.5. The van der Waals surface area contributed by atoms with Gasteiger partial charge in [-0.3, -0.25) is 0 Å². The van der Waals surface area contributed by atoms with Gasteiger partial charge in [0.05, 0.1) is 18.9 Å². The number of oxime groups is 1. The van der Waals surface area contributed by atoms with E-state index in [0.717, 1.165) is 17.7 Å². The monoisotopic (exact) mass is 415 g/mol. The lowest BCUT2D eigenvalue weighted by Gasteiger charge is -2.11. The fraction of sp³-hybridized carbons (Fsp3) is 0.174. The summed E-state index contributed by atoms with van der Waals surface area (Å²) in [4.78, 5) is 5.15. The van der Waals surface area contributed by atoms with Gasteiger partial charge >= 0.3 is 6.18 Å². The Morgan fingerprint density at radius 3 is 2.33 bits per heavy atom. The maximum absolute atomic E-state index is 12.8. The van der Waals surface area contributed by atoms with Crippen molar-refractivity contribution in [2.75, 3.05) is 7.11 Å². The largest absolute Gasteiger partial charge is 0.493 e. The van der Waals surface area contributed by atoms with E-state index in [1.165, 1.54) is 12.3 Å². The van der Waals surface area contributed by atoms with Crippen LogP contribution < -0.4 is 9.47 Å². The number of hydrogen-bond donors (Lipinski definition) is 0. The number of ether oxygens (including phenoxy) is 2. The van der Waals surface area contributed by atoms with Gasteiger partial charge in [0, 0.05) is 5.56 Å². The molecule has 30 heavy (non-hydrogen) atoms. The highest BCUT2D eigenvalue weighted by molar-refractivity contribution is 5.80. The van der Waals surface area contributed by atoms with Crippen molar-refractivity contribution in [1.82, 2.24) is 0 Å². The molecule has 0 aliphatic rings. The van der Waals surface area contributed by atoms with Crippen molar-refractivity contribution in [1.29, 1.82) is 0 Å². The highest BCUT2D eigenvalue weighted by Gasteiger charge is 2.30. The van der Waals surface area contributed by atoms with E-state index >= 15 is 0 Å². The third-order valence-corrected chi connectivity index (χ3v) is 4.19. The maximum atomic E-state index is 12.8. The quantitative estimate of drug-likeness (QED) is 0.343. The second-order valence-electron chi connectivity index (χ2n) is 6.39. The zero-order valence-electron chi connectivity index (χ0n) is 16.2. The highest BCUT2D eigenvalue weighted by atomic mass is 19.4. The SMILES string of the molecule is COc1ccc(C=NOCc2cccc(C(F)(F)F)c2)cc1OCc1ccccc1. The van der Waals surface area contributed by atoms with Gasteiger partial charge in [0.2, 0.25) is 0 Å². The van der Waals surface area contributed by atoms with Crippen molar-refractivity contribution < 1.29 is 27.5 Å². The lowest BCUT2D eigenvalue weighted by molar-refractivity contribution is -0.137. The average Bonchev–Trinajstić information content (AvgIpc) is 2.76. The number of nitrogens with zero attached hydrogens (tertiary/aromatic N) is 1. The van der Waals surface area contributed by atoms with Gasteiger partial charge in [0.25, 0.3) is 0 Å². The topological polar surface area (TPSA) is 40.0 Å². The van der Waals surface area contributed by atoms with Crippen LogP contribution in [0.3, 0.4) is 0 Å². The number of methoxy groups -OCH3 is 1. The van der Waals surface area contributed by atoms with Crippen molar-refractivity contribution in [3.8, 4) is 11.5 Å². The van der Waals surface area contributed by atoms with Crippen LogP contribution in [0.5, 0.6) is 11.5 Å². The van der Waals surface area contributed by atoms with Crippen LogP contribution >= 0.6 is 0 Å². The summed E-state index contributed by atoms with van der Waals surface area (Å²) in [6.45, 7) is 0.303. The van der Waals surface area contributed by atoms with Crippen LogP contribution in [0.15, 0.2) is 78.0 Å². The van der Waals surface area contributed by atoms with Crippen molar-refractivity contribution in [3.05, 3.63) is 95.1 Å². The third kappa shape index (κ3) is 6.01. The van der Waals surface area contributed by atoms with Crippen molar-refractivity contribution in [3.63, 3.8) is 0 Å². The highest BCUT2D eigenvalue weighted by Crippen LogP contribution is 2.30. The summed E-state index contributed by atoms with van der Waals surface area (Å²) in [5, 5.41) is 3.84. The Hall–Kier alpha value is -3.48. The molecule has 3 rings (SSSR count). The Balaban J connectivity index is 1.61. The fourth-order valence-electron chi connectivity index (χ4n) is 2.67. The van der Waals surface area contributed by atoms with Crippen LogP contribution in [0.2, 0.25) is 0 Å². The Kier molecular flexibility index (Phi) is 6.95. The minimum Gasteiger partial charge on any atom is -0.493 e. The molecule has 0 spiro atoms. The number of alkyl halides is 3. The van der Waals surface area contributed by atoms with Gasteiger partial charge in [-0.15, -0.1) is 0 Å². The molecule has 7 heteroatoms. The van der Waals surface area contributed by atoms with Gasteiger partial charge in [-0.05, 0) is 41.5 Å². The molecule has 0 saturated heterocycles. The minimum atomic E-state index is -4.39. The van der Waals surface area contributed by atoms with E-state index in [9.17, 15) is 13.2 Å². The summed E-state index contributed by atoms with van der Waals surface area (Å²) in [6, 6.07) is 19.9. The van der Waals surface area contributed by atoms with Gasteiger partial charge in [-0.2, -0.15) is 13.2 Å². The molecular formula is C23H20F3NO3. The molecule has 0 aliphatic heterocycles. The summed E-state index contributed by atoms with van der Waals surface area (Å²) in [7, 11) is 1.55. The molecule has 0 amide bonds. The molecule has 0 saturated carbocycles. The van der Waals surface area contributed by atoms with Crippen molar-refractivity contribution >= 4 is 6.21 Å². The third-order valence-electron chi connectivity index (χ3n) is 4.19. The van der Waals surface area contributed by atoms with Gasteiger partial charge in [-0.25, -0.2) is 0 Å². The van der Waals surface area contributed by atoms with Gasteiger partial charge < -0.3 is 14.3 Å². The van der Waals surface area contributed by atoms with Gasteiger partial charge in [-0.1, -0.05) is 47.6 Å². The summed E-state index contributed by atoms with van der Waals surface area (Å²) in [5.74, 6) is 1.12. The van der Waals surface area contributed by atoms with E-state index < -0.39 is 11.7 Å². The van der Waals surface area contributed by atoms with Gasteiger partial charge in [0.1, 0.15) is 13.2 Å². The first-order valence-corrected chi connectivity index (χ1v) is 9.12. The Labute approximate surface area is 172 Å². The van der Waals surface area contributed by atoms with Crippen LogP contribution in [0.25, 0.3) is 0 Å². The molecule has 0 heterocycles. The van der Waals surface area contributed by atoms with E-state index in [-0.39, 0.29) is 6.61 Å².